The summed E-state index contributed by atoms with van der Waals surface area (Å²) in [5, 5.41) is 12.9. The van der Waals surface area contributed by atoms with Gasteiger partial charge in [-0.1, -0.05) is 19.1 Å². The van der Waals surface area contributed by atoms with Crippen molar-refractivity contribution in [3.63, 3.8) is 0 Å². The zero-order chi connectivity index (χ0) is 12.5. The molecule has 1 atom stereocenters. The molecular formula is C14H23NO2. The van der Waals surface area contributed by atoms with Gasteiger partial charge in [0.2, 0.25) is 0 Å². The molecule has 0 saturated carbocycles. The molecule has 0 heterocycles. The first-order chi connectivity index (χ1) is 8.26. The van der Waals surface area contributed by atoms with Crippen molar-refractivity contribution in [1.82, 2.24) is 5.32 Å². The van der Waals surface area contributed by atoms with Crippen molar-refractivity contribution in [2.24, 2.45) is 0 Å². The molecule has 0 aromatic heterocycles. The summed E-state index contributed by atoms with van der Waals surface area (Å²) in [6, 6.07) is 7.73. The van der Waals surface area contributed by atoms with E-state index in [-0.39, 0.29) is 0 Å². The third kappa shape index (κ3) is 5.71. The lowest BCUT2D eigenvalue weighted by Gasteiger charge is -2.18. The van der Waals surface area contributed by atoms with Gasteiger partial charge in [-0.3, -0.25) is 0 Å². The van der Waals surface area contributed by atoms with Crippen LogP contribution in [0.3, 0.4) is 0 Å². The van der Waals surface area contributed by atoms with Crippen LogP contribution in [0.25, 0.3) is 0 Å². The summed E-state index contributed by atoms with van der Waals surface area (Å²) in [4.78, 5) is 0. The van der Waals surface area contributed by atoms with Crippen LogP contribution in [0, 0.1) is 0 Å². The van der Waals surface area contributed by atoms with E-state index in [0.29, 0.717) is 18.4 Å². The second-order valence-electron chi connectivity index (χ2n) is 4.18. The average Bonchev–Trinajstić information content (AvgIpc) is 2.32. The first-order valence-electron chi connectivity index (χ1n) is 6.35. The van der Waals surface area contributed by atoms with Crippen molar-refractivity contribution in [3.8, 4) is 5.75 Å². The summed E-state index contributed by atoms with van der Waals surface area (Å²) < 4.78 is 5.47. The number of ether oxygens (including phenoxy) is 1. The SMILES string of the molecule is CCCNC(COCC)Cc1cccc(O)c1. The molecule has 96 valence electrons. The minimum atomic E-state index is 0.316. The molecule has 0 bridgehead atoms. The Morgan fingerprint density at radius 3 is 2.82 bits per heavy atom. The Bertz CT molecular complexity index is 307. The first kappa shape index (κ1) is 14.0. The van der Waals surface area contributed by atoms with Gasteiger partial charge in [0.15, 0.2) is 0 Å². The van der Waals surface area contributed by atoms with Crippen LogP contribution in [0.1, 0.15) is 25.8 Å². The molecule has 0 fully saturated rings. The Kier molecular flexibility index (Phi) is 6.67. The second-order valence-corrected chi connectivity index (χ2v) is 4.18. The maximum atomic E-state index is 9.43. The molecular weight excluding hydrogens is 214 g/mol. The quantitative estimate of drug-likeness (QED) is 0.729. The predicted octanol–water partition coefficient (Wildman–Crippen LogP) is 2.34. The summed E-state index contributed by atoms with van der Waals surface area (Å²) >= 11 is 0. The van der Waals surface area contributed by atoms with Crippen LogP contribution in [0.15, 0.2) is 24.3 Å². The molecule has 1 aromatic carbocycles. The van der Waals surface area contributed by atoms with Crippen molar-refractivity contribution in [3.05, 3.63) is 29.8 Å². The number of phenols is 1. The second kappa shape index (κ2) is 8.09. The number of phenolic OH excluding ortho intramolecular Hbond substituents is 1. The molecule has 0 amide bonds. The van der Waals surface area contributed by atoms with Gasteiger partial charge < -0.3 is 15.2 Å². The molecule has 0 radical (unpaired) electrons. The highest BCUT2D eigenvalue weighted by atomic mass is 16.5. The van der Waals surface area contributed by atoms with Gasteiger partial charge in [0.05, 0.1) is 6.61 Å². The molecule has 0 saturated heterocycles. The summed E-state index contributed by atoms with van der Waals surface area (Å²) in [5.41, 5.74) is 1.14. The maximum Gasteiger partial charge on any atom is 0.115 e. The van der Waals surface area contributed by atoms with Crippen LogP contribution in [0.4, 0.5) is 0 Å². The van der Waals surface area contributed by atoms with Gasteiger partial charge in [0, 0.05) is 12.6 Å². The van der Waals surface area contributed by atoms with E-state index in [9.17, 15) is 5.11 Å². The van der Waals surface area contributed by atoms with Crippen LogP contribution in [-0.4, -0.2) is 30.9 Å². The molecule has 17 heavy (non-hydrogen) atoms. The highest BCUT2D eigenvalue weighted by Gasteiger charge is 2.09. The van der Waals surface area contributed by atoms with E-state index in [4.69, 9.17) is 4.74 Å². The monoisotopic (exact) mass is 237 g/mol. The minimum absolute atomic E-state index is 0.316. The van der Waals surface area contributed by atoms with Gasteiger partial charge in [0.1, 0.15) is 5.75 Å². The van der Waals surface area contributed by atoms with Gasteiger partial charge in [-0.05, 0) is 44.0 Å². The summed E-state index contributed by atoms with van der Waals surface area (Å²) in [5.74, 6) is 0.327. The van der Waals surface area contributed by atoms with E-state index in [1.54, 1.807) is 6.07 Å². The maximum absolute atomic E-state index is 9.43. The predicted molar refractivity (Wildman–Crippen MR) is 70.4 cm³/mol. The molecule has 0 aliphatic rings. The normalized spacial score (nSPS) is 12.6. The molecule has 1 unspecified atom stereocenters. The lowest BCUT2D eigenvalue weighted by molar-refractivity contribution is 0.122. The number of benzene rings is 1. The van der Waals surface area contributed by atoms with Crippen LogP contribution in [-0.2, 0) is 11.2 Å². The fraction of sp³-hybridized carbons (Fsp3) is 0.571. The highest BCUT2D eigenvalue weighted by Crippen LogP contribution is 2.12. The van der Waals surface area contributed by atoms with E-state index >= 15 is 0 Å². The standard InChI is InChI=1S/C14H23NO2/c1-3-8-15-13(11-17-4-2)9-12-6-5-7-14(16)10-12/h5-7,10,13,15-16H,3-4,8-9,11H2,1-2H3. The minimum Gasteiger partial charge on any atom is -0.508 e. The zero-order valence-corrected chi connectivity index (χ0v) is 10.8. The average molecular weight is 237 g/mol. The summed E-state index contributed by atoms with van der Waals surface area (Å²) in [6.45, 7) is 6.61. The van der Waals surface area contributed by atoms with Gasteiger partial charge in [0.25, 0.3) is 0 Å². The smallest absolute Gasteiger partial charge is 0.115 e. The lowest BCUT2D eigenvalue weighted by atomic mass is 10.1. The fourth-order valence-corrected chi connectivity index (χ4v) is 1.77. The molecule has 3 heteroatoms. The van der Waals surface area contributed by atoms with Crippen molar-refractivity contribution in [2.45, 2.75) is 32.7 Å². The number of aromatic hydroxyl groups is 1. The number of nitrogens with one attached hydrogen (secondary N) is 1. The number of hydrogen-bond donors (Lipinski definition) is 2. The van der Waals surface area contributed by atoms with Crippen molar-refractivity contribution in [2.75, 3.05) is 19.8 Å². The van der Waals surface area contributed by atoms with Crippen LogP contribution >= 0.6 is 0 Å². The van der Waals surface area contributed by atoms with E-state index in [1.165, 1.54) is 0 Å². The molecule has 1 rings (SSSR count). The van der Waals surface area contributed by atoms with Gasteiger partial charge >= 0.3 is 0 Å². The molecule has 1 aromatic rings. The molecule has 0 aliphatic carbocycles. The lowest BCUT2D eigenvalue weighted by Crippen LogP contribution is -2.36. The fourth-order valence-electron chi connectivity index (χ4n) is 1.77. The van der Waals surface area contributed by atoms with E-state index < -0.39 is 0 Å². The molecule has 3 nitrogen and oxygen atoms in total. The molecule has 2 N–H and O–H groups in total. The summed E-state index contributed by atoms with van der Waals surface area (Å²) in [7, 11) is 0. The van der Waals surface area contributed by atoms with E-state index in [0.717, 1.165) is 31.6 Å². The van der Waals surface area contributed by atoms with Gasteiger partial charge in [-0.15, -0.1) is 0 Å². The Morgan fingerprint density at radius 2 is 2.18 bits per heavy atom. The molecule has 0 aliphatic heterocycles. The highest BCUT2D eigenvalue weighted by molar-refractivity contribution is 5.27. The number of rotatable bonds is 8. The van der Waals surface area contributed by atoms with Crippen molar-refractivity contribution >= 4 is 0 Å². The summed E-state index contributed by atoms with van der Waals surface area (Å²) in [6.07, 6.45) is 2.00. The zero-order valence-electron chi connectivity index (χ0n) is 10.8. The Labute approximate surface area is 104 Å². The Balaban J connectivity index is 2.51. The topological polar surface area (TPSA) is 41.5 Å². The van der Waals surface area contributed by atoms with Crippen LogP contribution in [0.2, 0.25) is 0 Å². The Hall–Kier alpha value is -1.06. The largest absolute Gasteiger partial charge is 0.508 e. The molecule has 0 spiro atoms. The van der Waals surface area contributed by atoms with Crippen molar-refractivity contribution < 1.29 is 9.84 Å². The Morgan fingerprint density at radius 1 is 1.35 bits per heavy atom. The van der Waals surface area contributed by atoms with Crippen LogP contribution in [0.5, 0.6) is 5.75 Å². The van der Waals surface area contributed by atoms with Gasteiger partial charge in [-0.2, -0.15) is 0 Å². The third-order valence-electron chi connectivity index (χ3n) is 2.60. The van der Waals surface area contributed by atoms with E-state index in [1.807, 2.05) is 25.1 Å². The van der Waals surface area contributed by atoms with Crippen molar-refractivity contribution in [1.29, 1.82) is 0 Å². The third-order valence-corrected chi connectivity index (χ3v) is 2.60. The van der Waals surface area contributed by atoms with Gasteiger partial charge in [-0.25, -0.2) is 0 Å². The number of hydrogen-bond acceptors (Lipinski definition) is 3. The first-order valence-corrected chi connectivity index (χ1v) is 6.35. The van der Waals surface area contributed by atoms with E-state index in [2.05, 4.69) is 12.2 Å². The van der Waals surface area contributed by atoms with Crippen LogP contribution < -0.4 is 5.32 Å².